The van der Waals surface area contributed by atoms with Gasteiger partial charge >= 0.3 is 0 Å². The standard InChI is InChI=1S/C29H48O/c1-20(2)22(16-19-30)10-9-21(3)25-13-14-26-24-12-11-23-8-6-7-17-28(23,4)27(24)15-18-29(25,26)5/h12,16,20-21,23,25-27,30H,6-11,13-15,17-19H2,1-5H3/b22-16-/t21-,23?,25-,26+,27+,28+,29-/m1/s1. The zero-order chi connectivity index (χ0) is 21.5. The quantitative estimate of drug-likeness (QED) is 0.439. The monoisotopic (exact) mass is 412 g/mol. The molecule has 3 saturated carbocycles. The summed E-state index contributed by atoms with van der Waals surface area (Å²) in [6, 6.07) is 0. The minimum atomic E-state index is 0.195. The lowest BCUT2D eigenvalue weighted by atomic mass is 9.48. The fourth-order valence-corrected chi connectivity index (χ4v) is 8.86. The molecule has 1 heteroatoms. The van der Waals surface area contributed by atoms with Crippen LogP contribution in [0.1, 0.15) is 105 Å². The van der Waals surface area contributed by atoms with Gasteiger partial charge in [0.2, 0.25) is 0 Å². The summed E-state index contributed by atoms with van der Waals surface area (Å²) < 4.78 is 0. The second-order valence-corrected chi connectivity index (χ2v) is 12.4. The molecule has 30 heavy (non-hydrogen) atoms. The number of fused-ring (bicyclic) bond motifs is 5. The maximum Gasteiger partial charge on any atom is 0.0615 e. The van der Waals surface area contributed by atoms with E-state index in [1.54, 1.807) is 0 Å². The molecule has 0 aromatic carbocycles. The van der Waals surface area contributed by atoms with Gasteiger partial charge < -0.3 is 5.11 Å². The van der Waals surface area contributed by atoms with Crippen LogP contribution in [0.25, 0.3) is 0 Å². The summed E-state index contributed by atoms with van der Waals surface area (Å²) in [5.74, 6) is 4.95. The first-order valence-corrected chi connectivity index (χ1v) is 13.3. The molecule has 0 amide bonds. The van der Waals surface area contributed by atoms with Gasteiger partial charge in [0.1, 0.15) is 0 Å². The molecule has 4 aliphatic rings. The molecule has 4 rings (SSSR count). The van der Waals surface area contributed by atoms with E-state index in [9.17, 15) is 5.11 Å². The van der Waals surface area contributed by atoms with E-state index in [4.69, 9.17) is 0 Å². The molecule has 7 atom stereocenters. The highest BCUT2D eigenvalue weighted by atomic mass is 16.2. The summed E-state index contributed by atoms with van der Waals surface area (Å²) in [7, 11) is 0. The Bertz CT molecular complexity index is 672. The van der Waals surface area contributed by atoms with Crippen LogP contribution in [0.3, 0.4) is 0 Å². The lowest BCUT2D eigenvalue weighted by Gasteiger charge is -2.57. The normalized spacial score (nSPS) is 42.4. The van der Waals surface area contributed by atoms with Gasteiger partial charge in [-0.2, -0.15) is 0 Å². The summed E-state index contributed by atoms with van der Waals surface area (Å²) in [5.41, 5.74) is 4.51. The Morgan fingerprint density at radius 1 is 1.03 bits per heavy atom. The fraction of sp³-hybridized carbons (Fsp3) is 0.862. The van der Waals surface area contributed by atoms with Crippen LogP contribution in [0.5, 0.6) is 0 Å². The van der Waals surface area contributed by atoms with Crippen molar-refractivity contribution in [1.82, 2.24) is 0 Å². The van der Waals surface area contributed by atoms with Crippen LogP contribution in [0, 0.1) is 46.3 Å². The highest BCUT2D eigenvalue weighted by Gasteiger charge is 2.57. The van der Waals surface area contributed by atoms with Gasteiger partial charge in [0.25, 0.3) is 0 Å². The van der Waals surface area contributed by atoms with E-state index in [2.05, 4.69) is 46.8 Å². The molecule has 0 aromatic heterocycles. The molecule has 1 nitrogen and oxygen atoms in total. The van der Waals surface area contributed by atoms with Gasteiger partial charge in [-0.05, 0) is 104 Å². The lowest BCUT2D eigenvalue weighted by molar-refractivity contribution is -0.00783. The molecule has 0 radical (unpaired) electrons. The lowest BCUT2D eigenvalue weighted by Crippen LogP contribution is -2.48. The van der Waals surface area contributed by atoms with Crippen molar-refractivity contribution in [2.24, 2.45) is 46.3 Å². The van der Waals surface area contributed by atoms with Gasteiger partial charge in [0.05, 0.1) is 6.61 Å². The summed E-state index contributed by atoms with van der Waals surface area (Å²) in [6.07, 6.45) is 20.4. The van der Waals surface area contributed by atoms with Crippen LogP contribution in [-0.4, -0.2) is 11.7 Å². The number of aliphatic hydroxyl groups excluding tert-OH is 1. The van der Waals surface area contributed by atoms with E-state index >= 15 is 0 Å². The number of aliphatic hydroxyl groups is 1. The van der Waals surface area contributed by atoms with Gasteiger partial charge in [-0.1, -0.05) is 70.8 Å². The highest BCUT2D eigenvalue weighted by molar-refractivity contribution is 5.27. The minimum Gasteiger partial charge on any atom is -0.392 e. The van der Waals surface area contributed by atoms with Crippen molar-refractivity contribution >= 4 is 0 Å². The zero-order valence-corrected chi connectivity index (χ0v) is 20.6. The van der Waals surface area contributed by atoms with E-state index < -0.39 is 0 Å². The van der Waals surface area contributed by atoms with Gasteiger partial charge in [0, 0.05) is 0 Å². The van der Waals surface area contributed by atoms with Gasteiger partial charge in [-0.3, -0.25) is 0 Å². The summed E-state index contributed by atoms with van der Waals surface area (Å²) in [5, 5.41) is 9.39. The average molecular weight is 413 g/mol. The molecular weight excluding hydrogens is 364 g/mol. The second kappa shape index (κ2) is 8.76. The summed E-state index contributed by atoms with van der Waals surface area (Å²) in [4.78, 5) is 0. The Morgan fingerprint density at radius 2 is 1.80 bits per heavy atom. The molecule has 0 aliphatic heterocycles. The molecule has 0 saturated heterocycles. The Hall–Kier alpha value is -0.560. The molecule has 0 bridgehead atoms. The molecule has 1 N–H and O–H groups in total. The average Bonchev–Trinajstić information content (AvgIpc) is 3.07. The van der Waals surface area contributed by atoms with Gasteiger partial charge in [0.15, 0.2) is 0 Å². The van der Waals surface area contributed by atoms with Crippen molar-refractivity contribution in [3.8, 4) is 0 Å². The first kappa shape index (κ1) is 22.6. The van der Waals surface area contributed by atoms with E-state index in [0.717, 1.165) is 29.6 Å². The molecule has 4 aliphatic carbocycles. The Kier molecular flexibility index (Phi) is 6.61. The molecule has 0 aromatic rings. The largest absolute Gasteiger partial charge is 0.392 e. The highest BCUT2D eigenvalue weighted by Crippen LogP contribution is 2.66. The van der Waals surface area contributed by atoms with Crippen molar-refractivity contribution in [3.63, 3.8) is 0 Å². The van der Waals surface area contributed by atoms with Crippen LogP contribution >= 0.6 is 0 Å². The van der Waals surface area contributed by atoms with Crippen molar-refractivity contribution in [1.29, 1.82) is 0 Å². The van der Waals surface area contributed by atoms with Crippen molar-refractivity contribution < 1.29 is 5.11 Å². The maximum atomic E-state index is 9.39. The van der Waals surface area contributed by atoms with E-state index in [0.29, 0.717) is 16.7 Å². The van der Waals surface area contributed by atoms with Crippen LogP contribution in [0.15, 0.2) is 23.3 Å². The van der Waals surface area contributed by atoms with Gasteiger partial charge in [-0.25, -0.2) is 0 Å². The van der Waals surface area contributed by atoms with Gasteiger partial charge in [-0.15, -0.1) is 0 Å². The molecule has 1 unspecified atom stereocenters. The fourth-order valence-electron chi connectivity index (χ4n) is 8.86. The smallest absolute Gasteiger partial charge is 0.0615 e. The zero-order valence-electron chi connectivity index (χ0n) is 20.6. The molecule has 0 heterocycles. The number of hydrogen-bond donors (Lipinski definition) is 1. The Labute approximate surface area is 186 Å². The van der Waals surface area contributed by atoms with Crippen LogP contribution < -0.4 is 0 Å². The van der Waals surface area contributed by atoms with Crippen molar-refractivity contribution in [2.45, 2.75) is 105 Å². The number of rotatable bonds is 6. The second-order valence-electron chi connectivity index (χ2n) is 12.4. The molecule has 170 valence electrons. The Morgan fingerprint density at radius 3 is 2.53 bits per heavy atom. The number of hydrogen-bond acceptors (Lipinski definition) is 1. The third-order valence-corrected chi connectivity index (χ3v) is 10.7. The molecule has 3 fully saturated rings. The molecule has 0 spiro atoms. The number of allylic oxidation sites excluding steroid dienone is 3. The van der Waals surface area contributed by atoms with Crippen LogP contribution in [0.4, 0.5) is 0 Å². The first-order chi connectivity index (χ1) is 14.3. The maximum absolute atomic E-state index is 9.39. The van der Waals surface area contributed by atoms with Crippen LogP contribution in [-0.2, 0) is 0 Å². The van der Waals surface area contributed by atoms with Crippen molar-refractivity contribution in [2.75, 3.05) is 6.61 Å². The third-order valence-electron chi connectivity index (χ3n) is 10.7. The van der Waals surface area contributed by atoms with Crippen LogP contribution in [0.2, 0.25) is 0 Å². The predicted molar refractivity (Wildman–Crippen MR) is 128 cm³/mol. The Balaban J connectivity index is 1.48. The topological polar surface area (TPSA) is 20.2 Å². The van der Waals surface area contributed by atoms with Crippen molar-refractivity contribution in [3.05, 3.63) is 23.3 Å². The minimum absolute atomic E-state index is 0.195. The summed E-state index contributed by atoms with van der Waals surface area (Å²) >= 11 is 0. The first-order valence-electron chi connectivity index (χ1n) is 13.3. The SMILES string of the molecule is CC(C)/C(=C\CO)CC[C@@H](C)[C@H]1CC[C@H]2C3=CCC4CCCC[C@]4(C)[C@H]3CC[C@]12C. The molecular formula is C29H48O. The summed E-state index contributed by atoms with van der Waals surface area (Å²) in [6.45, 7) is 12.6. The predicted octanol–water partition coefficient (Wildman–Crippen LogP) is 7.95. The van der Waals surface area contributed by atoms with E-state index in [1.165, 1.54) is 76.2 Å². The van der Waals surface area contributed by atoms with E-state index in [1.807, 2.05) is 5.57 Å². The third kappa shape index (κ3) is 3.76. The van der Waals surface area contributed by atoms with E-state index in [-0.39, 0.29) is 6.61 Å².